The van der Waals surface area contributed by atoms with Crippen molar-refractivity contribution in [2.45, 2.75) is 45.2 Å². The Morgan fingerprint density at radius 2 is 1.68 bits per heavy atom. The summed E-state index contributed by atoms with van der Waals surface area (Å²) >= 11 is 0. The van der Waals surface area contributed by atoms with Gasteiger partial charge >= 0.3 is 0 Å². The minimum atomic E-state index is -0.375. The lowest BCUT2D eigenvalue weighted by Gasteiger charge is -2.29. The highest BCUT2D eigenvalue weighted by atomic mass is 16.5. The number of nitrogens with one attached hydrogen (secondary N) is 1. The Hall–Kier alpha value is -3.02. The minimum Gasteiger partial charge on any atom is -0.497 e. The third kappa shape index (κ3) is 6.48. The van der Waals surface area contributed by atoms with Gasteiger partial charge in [0.15, 0.2) is 0 Å². The SMILES string of the molecule is COc1ccc([C@@H](CC(=O)N(C)Cc2ccc(N3CCCCC3)cc2)NC(C)=O)cc1. The third-order valence-electron chi connectivity index (χ3n) is 5.78. The number of benzene rings is 2. The normalized spacial score (nSPS) is 14.6. The van der Waals surface area contributed by atoms with Crippen LogP contribution in [-0.2, 0) is 16.1 Å². The molecule has 1 atom stereocenters. The molecule has 1 aliphatic rings. The Morgan fingerprint density at radius 1 is 1.03 bits per heavy atom. The predicted octanol–water partition coefficient (Wildman–Crippen LogP) is 3.91. The Kier molecular flexibility index (Phi) is 7.93. The number of rotatable bonds is 8. The van der Waals surface area contributed by atoms with Crippen LogP contribution in [-0.4, -0.2) is 44.0 Å². The summed E-state index contributed by atoms with van der Waals surface area (Å²) in [6.45, 7) is 4.24. The van der Waals surface area contributed by atoms with Crippen LogP contribution >= 0.6 is 0 Å². The zero-order valence-corrected chi connectivity index (χ0v) is 18.8. The van der Waals surface area contributed by atoms with Crippen molar-refractivity contribution in [3.8, 4) is 5.75 Å². The second-order valence-electron chi connectivity index (χ2n) is 8.19. The summed E-state index contributed by atoms with van der Waals surface area (Å²) in [4.78, 5) is 28.7. The quantitative estimate of drug-likeness (QED) is 0.699. The number of nitrogens with zero attached hydrogens (tertiary/aromatic N) is 2. The molecular formula is C25H33N3O3. The number of anilines is 1. The zero-order valence-electron chi connectivity index (χ0n) is 18.8. The fourth-order valence-electron chi connectivity index (χ4n) is 3.99. The van der Waals surface area contributed by atoms with Crippen molar-refractivity contribution in [3.63, 3.8) is 0 Å². The van der Waals surface area contributed by atoms with Crippen LogP contribution in [0.1, 0.15) is 49.8 Å². The predicted molar refractivity (Wildman–Crippen MR) is 123 cm³/mol. The topological polar surface area (TPSA) is 61.9 Å². The summed E-state index contributed by atoms with van der Waals surface area (Å²) in [5.74, 6) is 0.556. The van der Waals surface area contributed by atoms with E-state index >= 15 is 0 Å². The molecule has 1 N–H and O–H groups in total. The molecular weight excluding hydrogens is 390 g/mol. The summed E-state index contributed by atoms with van der Waals surface area (Å²) in [7, 11) is 3.41. The number of hydrogen-bond acceptors (Lipinski definition) is 4. The van der Waals surface area contributed by atoms with Gasteiger partial charge in [0.25, 0.3) is 0 Å². The molecule has 2 aromatic carbocycles. The molecule has 0 saturated carbocycles. The molecule has 1 fully saturated rings. The van der Waals surface area contributed by atoms with Gasteiger partial charge in [0.05, 0.1) is 19.6 Å². The van der Waals surface area contributed by atoms with E-state index in [0.29, 0.717) is 6.54 Å². The van der Waals surface area contributed by atoms with Gasteiger partial charge < -0.3 is 19.9 Å². The fraction of sp³-hybridized carbons (Fsp3) is 0.440. The second-order valence-corrected chi connectivity index (χ2v) is 8.19. The van der Waals surface area contributed by atoms with Gasteiger partial charge in [-0.1, -0.05) is 24.3 Å². The van der Waals surface area contributed by atoms with Gasteiger partial charge in [0, 0.05) is 39.3 Å². The zero-order chi connectivity index (χ0) is 22.2. The summed E-state index contributed by atoms with van der Waals surface area (Å²) in [6, 6.07) is 15.6. The van der Waals surface area contributed by atoms with E-state index in [1.54, 1.807) is 19.1 Å². The average Bonchev–Trinajstić information content (AvgIpc) is 2.79. The fourth-order valence-corrected chi connectivity index (χ4v) is 3.99. The lowest BCUT2D eigenvalue weighted by atomic mass is 10.0. The smallest absolute Gasteiger partial charge is 0.225 e. The molecule has 6 nitrogen and oxygen atoms in total. The Morgan fingerprint density at radius 3 is 2.26 bits per heavy atom. The van der Waals surface area contributed by atoms with E-state index in [-0.39, 0.29) is 24.3 Å². The number of methoxy groups -OCH3 is 1. The number of ether oxygens (including phenoxy) is 1. The molecule has 2 amide bonds. The molecule has 0 radical (unpaired) electrons. The van der Waals surface area contributed by atoms with E-state index in [1.807, 2.05) is 24.3 Å². The summed E-state index contributed by atoms with van der Waals surface area (Å²) < 4.78 is 5.20. The van der Waals surface area contributed by atoms with Crippen molar-refractivity contribution in [3.05, 3.63) is 59.7 Å². The van der Waals surface area contributed by atoms with E-state index in [1.165, 1.54) is 31.9 Å². The van der Waals surface area contributed by atoms with E-state index in [2.05, 4.69) is 34.5 Å². The van der Waals surface area contributed by atoms with Crippen molar-refractivity contribution in [2.24, 2.45) is 0 Å². The van der Waals surface area contributed by atoms with Crippen molar-refractivity contribution in [2.75, 3.05) is 32.1 Å². The van der Waals surface area contributed by atoms with Crippen molar-refractivity contribution < 1.29 is 14.3 Å². The molecule has 31 heavy (non-hydrogen) atoms. The molecule has 166 valence electrons. The first-order valence-corrected chi connectivity index (χ1v) is 10.9. The van der Waals surface area contributed by atoms with Crippen molar-refractivity contribution >= 4 is 17.5 Å². The van der Waals surface area contributed by atoms with E-state index in [4.69, 9.17) is 4.74 Å². The van der Waals surface area contributed by atoms with Gasteiger partial charge in [-0.05, 0) is 54.7 Å². The Balaban J connectivity index is 1.61. The molecule has 1 saturated heterocycles. The number of carbonyl (C=O) groups is 2. The Labute approximate surface area is 185 Å². The maximum Gasteiger partial charge on any atom is 0.225 e. The lowest BCUT2D eigenvalue weighted by Crippen LogP contribution is -2.33. The van der Waals surface area contributed by atoms with Gasteiger partial charge in [-0.25, -0.2) is 0 Å². The van der Waals surface area contributed by atoms with Crippen molar-refractivity contribution in [1.82, 2.24) is 10.2 Å². The lowest BCUT2D eigenvalue weighted by molar-refractivity contribution is -0.131. The van der Waals surface area contributed by atoms with Crippen LogP contribution in [0.15, 0.2) is 48.5 Å². The van der Waals surface area contributed by atoms with Crippen LogP contribution in [0.2, 0.25) is 0 Å². The largest absolute Gasteiger partial charge is 0.497 e. The molecule has 1 aliphatic heterocycles. The Bertz CT molecular complexity index is 859. The first-order valence-electron chi connectivity index (χ1n) is 10.9. The van der Waals surface area contributed by atoms with Gasteiger partial charge in [-0.3, -0.25) is 9.59 Å². The number of hydrogen-bond donors (Lipinski definition) is 1. The highest BCUT2D eigenvalue weighted by Gasteiger charge is 2.20. The monoisotopic (exact) mass is 423 g/mol. The molecule has 0 bridgehead atoms. The third-order valence-corrected chi connectivity index (χ3v) is 5.78. The molecule has 2 aromatic rings. The average molecular weight is 424 g/mol. The van der Waals surface area contributed by atoms with Gasteiger partial charge in [-0.15, -0.1) is 0 Å². The number of amides is 2. The first kappa shape index (κ1) is 22.7. The summed E-state index contributed by atoms with van der Waals surface area (Å²) in [5, 5.41) is 2.89. The number of carbonyl (C=O) groups excluding carboxylic acids is 2. The van der Waals surface area contributed by atoms with Crippen LogP contribution in [0.5, 0.6) is 5.75 Å². The maximum absolute atomic E-state index is 12.9. The minimum absolute atomic E-state index is 0.0188. The molecule has 1 heterocycles. The van der Waals surface area contributed by atoms with Crippen LogP contribution < -0.4 is 15.0 Å². The summed E-state index contributed by atoms with van der Waals surface area (Å²) in [5.41, 5.74) is 3.23. The highest BCUT2D eigenvalue weighted by Crippen LogP contribution is 2.23. The van der Waals surface area contributed by atoms with E-state index < -0.39 is 0 Å². The highest BCUT2D eigenvalue weighted by molar-refractivity contribution is 5.79. The van der Waals surface area contributed by atoms with Crippen LogP contribution in [0.3, 0.4) is 0 Å². The van der Waals surface area contributed by atoms with Crippen LogP contribution in [0.4, 0.5) is 5.69 Å². The van der Waals surface area contributed by atoms with E-state index in [9.17, 15) is 9.59 Å². The molecule has 0 aliphatic carbocycles. The molecule has 6 heteroatoms. The number of piperidine rings is 1. The molecule has 0 aromatic heterocycles. The van der Waals surface area contributed by atoms with Crippen molar-refractivity contribution in [1.29, 1.82) is 0 Å². The van der Waals surface area contributed by atoms with Gasteiger partial charge in [0.1, 0.15) is 5.75 Å². The van der Waals surface area contributed by atoms with Gasteiger partial charge in [-0.2, -0.15) is 0 Å². The van der Waals surface area contributed by atoms with E-state index in [0.717, 1.165) is 30.0 Å². The second kappa shape index (κ2) is 10.8. The van der Waals surface area contributed by atoms with Gasteiger partial charge in [0.2, 0.25) is 11.8 Å². The first-order chi connectivity index (χ1) is 15.0. The molecule has 0 unspecified atom stereocenters. The molecule has 3 rings (SSSR count). The standard InChI is InChI=1S/C25H33N3O3/c1-19(29)26-24(21-9-13-23(31-3)14-10-21)17-25(30)27(2)18-20-7-11-22(12-8-20)28-15-5-4-6-16-28/h7-14,24H,4-6,15-18H2,1-3H3,(H,26,29)/t24-/m1/s1. The van der Waals surface area contributed by atoms with Crippen LogP contribution in [0, 0.1) is 0 Å². The summed E-state index contributed by atoms with van der Waals surface area (Å²) in [6.07, 6.45) is 4.02. The maximum atomic E-state index is 12.9. The van der Waals surface area contributed by atoms with Crippen LogP contribution in [0.25, 0.3) is 0 Å². The molecule has 0 spiro atoms.